The number of hydrogen-bond acceptors (Lipinski definition) is 5. The number of Topliss-reactive ketones (excluding diaryl/α,β-unsaturated/α-hetero) is 1. The van der Waals surface area contributed by atoms with Gasteiger partial charge >= 0.3 is 0 Å². The predicted octanol–water partition coefficient (Wildman–Crippen LogP) is 4.24. The van der Waals surface area contributed by atoms with E-state index in [-0.39, 0.29) is 17.1 Å². The zero-order valence-corrected chi connectivity index (χ0v) is 17.8. The molecule has 6 nitrogen and oxygen atoms in total. The fourth-order valence-corrected chi connectivity index (χ4v) is 4.52. The molecule has 1 unspecified atom stereocenters. The zero-order chi connectivity index (χ0) is 21.5. The van der Waals surface area contributed by atoms with Crippen molar-refractivity contribution in [3.63, 3.8) is 0 Å². The SMILES string of the molecule is CC1=NC2=C(C(=O)CC(C)(C)C2)[C@@H](c2cccnc2)C1C(=O)Nc1cccc(C)n1. The molecule has 0 radical (unpaired) electrons. The van der Waals surface area contributed by atoms with Gasteiger partial charge in [-0.3, -0.25) is 19.6 Å². The quantitative estimate of drug-likeness (QED) is 0.832. The van der Waals surface area contributed by atoms with Crippen molar-refractivity contribution in [2.24, 2.45) is 16.3 Å². The number of hydrogen-bond donors (Lipinski definition) is 1. The molecule has 2 atom stereocenters. The lowest BCUT2D eigenvalue weighted by molar-refractivity contribution is -0.119. The first-order valence-electron chi connectivity index (χ1n) is 10.2. The molecule has 2 aromatic rings. The van der Waals surface area contributed by atoms with Gasteiger partial charge in [-0.05, 0) is 49.4 Å². The van der Waals surface area contributed by atoms with Crippen LogP contribution in [-0.2, 0) is 9.59 Å². The number of nitrogens with zero attached hydrogens (tertiary/aromatic N) is 3. The minimum Gasteiger partial charge on any atom is -0.310 e. The van der Waals surface area contributed by atoms with E-state index in [0.717, 1.165) is 23.4 Å². The van der Waals surface area contributed by atoms with Crippen molar-refractivity contribution in [3.05, 3.63) is 65.3 Å². The number of pyridine rings is 2. The van der Waals surface area contributed by atoms with Gasteiger partial charge < -0.3 is 5.32 Å². The maximum absolute atomic E-state index is 13.4. The smallest absolute Gasteiger partial charge is 0.235 e. The van der Waals surface area contributed by atoms with Crippen LogP contribution in [0.25, 0.3) is 0 Å². The van der Waals surface area contributed by atoms with Crippen molar-refractivity contribution in [1.82, 2.24) is 9.97 Å². The van der Waals surface area contributed by atoms with Gasteiger partial charge in [0, 0.05) is 47.4 Å². The number of carbonyl (C=O) groups excluding carboxylic acids is 2. The van der Waals surface area contributed by atoms with E-state index in [4.69, 9.17) is 4.99 Å². The third-order valence-corrected chi connectivity index (χ3v) is 5.77. The highest BCUT2D eigenvalue weighted by molar-refractivity contribution is 6.13. The molecule has 4 rings (SSSR count). The van der Waals surface area contributed by atoms with Gasteiger partial charge in [0.15, 0.2) is 5.78 Å². The Bertz CT molecular complexity index is 1070. The van der Waals surface area contributed by atoms with E-state index in [1.165, 1.54) is 0 Å². The standard InChI is InChI=1S/C24H26N4O2/c1-14-7-5-9-19(26-14)28-23(30)20-15(2)27-17-11-24(3,4)12-18(29)22(17)21(20)16-8-6-10-25-13-16/h5-10,13,20-21H,11-12H2,1-4H3,(H,26,28,30)/t20?,21-/m0/s1. The first-order valence-corrected chi connectivity index (χ1v) is 10.2. The number of allylic oxidation sites excluding steroid dienone is 2. The van der Waals surface area contributed by atoms with Crippen LogP contribution in [0.1, 0.15) is 50.8 Å². The molecular formula is C24H26N4O2. The Morgan fingerprint density at radius 2 is 1.93 bits per heavy atom. The van der Waals surface area contributed by atoms with Gasteiger partial charge in [0.2, 0.25) is 5.91 Å². The second-order valence-corrected chi connectivity index (χ2v) is 8.95. The van der Waals surface area contributed by atoms with Gasteiger partial charge in [0.1, 0.15) is 5.82 Å². The zero-order valence-electron chi connectivity index (χ0n) is 17.8. The van der Waals surface area contributed by atoms with E-state index in [2.05, 4.69) is 29.1 Å². The highest BCUT2D eigenvalue weighted by Crippen LogP contribution is 2.47. The first kappa shape index (κ1) is 20.1. The van der Waals surface area contributed by atoms with Crippen molar-refractivity contribution < 1.29 is 9.59 Å². The number of carbonyl (C=O) groups is 2. The van der Waals surface area contributed by atoms with Gasteiger partial charge in [0.25, 0.3) is 0 Å². The molecule has 2 aliphatic rings. The summed E-state index contributed by atoms with van der Waals surface area (Å²) in [6.07, 6.45) is 4.60. The van der Waals surface area contributed by atoms with E-state index in [9.17, 15) is 9.59 Å². The molecule has 1 N–H and O–H groups in total. The number of rotatable bonds is 3. The molecule has 0 spiro atoms. The van der Waals surface area contributed by atoms with Crippen LogP contribution in [0.3, 0.4) is 0 Å². The third-order valence-electron chi connectivity index (χ3n) is 5.77. The average Bonchev–Trinajstić information content (AvgIpc) is 2.66. The van der Waals surface area contributed by atoms with Crippen molar-refractivity contribution in [2.45, 2.75) is 46.5 Å². The summed E-state index contributed by atoms with van der Waals surface area (Å²) in [4.78, 5) is 40.0. The van der Waals surface area contributed by atoms with Crippen molar-refractivity contribution >= 4 is 23.2 Å². The summed E-state index contributed by atoms with van der Waals surface area (Å²) in [5.41, 5.74) is 3.70. The molecular weight excluding hydrogens is 376 g/mol. The minimum atomic E-state index is -0.597. The highest BCUT2D eigenvalue weighted by atomic mass is 16.2. The number of aromatic nitrogens is 2. The largest absolute Gasteiger partial charge is 0.310 e. The Morgan fingerprint density at radius 3 is 2.63 bits per heavy atom. The molecule has 6 heteroatoms. The number of ketones is 1. The molecule has 0 saturated carbocycles. The third kappa shape index (κ3) is 3.82. The number of nitrogens with one attached hydrogen (secondary N) is 1. The lowest BCUT2D eigenvalue weighted by atomic mass is 9.67. The summed E-state index contributed by atoms with van der Waals surface area (Å²) in [7, 11) is 0. The van der Waals surface area contributed by atoms with Crippen LogP contribution in [-0.4, -0.2) is 27.4 Å². The first-order chi connectivity index (χ1) is 14.2. The van der Waals surface area contributed by atoms with Gasteiger partial charge in [-0.2, -0.15) is 0 Å². The summed E-state index contributed by atoms with van der Waals surface area (Å²) in [5, 5.41) is 2.92. The molecule has 0 aromatic carbocycles. The predicted molar refractivity (Wildman–Crippen MR) is 116 cm³/mol. The molecule has 30 heavy (non-hydrogen) atoms. The average molecular weight is 402 g/mol. The summed E-state index contributed by atoms with van der Waals surface area (Å²) in [5.74, 6) is -0.654. The van der Waals surface area contributed by atoms with Crippen LogP contribution >= 0.6 is 0 Å². The molecule has 1 aliphatic carbocycles. The molecule has 2 aromatic heterocycles. The van der Waals surface area contributed by atoms with Crippen LogP contribution in [0.5, 0.6) is 0 Å². The van der Waals surface area contributed by atoms with Crippen molar-refractivity contribution in [2.75, 3.05) is 5.32 Å². The fraction of sp³-hybridized carbons (Fsp3) is 0.375. The number of anilines is 1. The van der Waals surface area contributed by atoms with Gasteiger partial charge in [0.05, 0.1) is 5.92 Å². The summed E-state index contributed by atoms with van der Waals surface area (Å²) in [6.45, 7) is 7.91. The molecule has 3 heterocycles. The molecule has 0 bridgehead atoms. The topological polar surface area (TPSA) is 84.3 Å². The fourth-order valence-electron chi connectivity index (χ4n) is 4.52. The summed E-state index contributed by atoms with van der Waals surface area (Å²) < 4.78 is 0. The van der Waals surface area contributed by atoms with E-state index in [1.807, 2.05) is 38.1 Å². The van der Waals surface area contributed by atoms with Crippen LogP contribution in [0, 0.1) is 18.3 Å². The Morgan fingerprint density at radius 1 is 1.13 bits per heavy atom. The Labute approximate surface area is 176 Å². The van der Waals surface area contributed by atoms with Gasteiger partial charge in [-0.15, -0.1) is 0 Å². The molecule has 0 fully saturated rings. The Balaban J connectivity index is 1.78. The molecule has 1 amide bonds. The van der Waals surface area contributed by atoms with Gasteiger partial charge in [-0.25, -0.2) is 4.98 Å². The second-order valence-electron chi connectivity index (χ2n) is 8.95. The maximum atomic E-state index is 13.4. The van der Waals surface area contributed by atoms with Crippen LogP contribution in [0.4, 0.5) is 5.82 Å². The minimum absolute atomic E-state index is 0.0674. The van der Waals surface area contributed by atoms with E-state index >= 15 is 0 Å². The highest BCUT2D eigenvalue weighted by Gasteiger charge is 2.45. The van der Waals surface area contributed by atoms with Crippen molar-refractivity contribution in [3.8, 4) is 0 Å². The maximum Gasteiger partial charge on any atom is 0.235 e. The second kappa shape index (κ2) is 7.59. The monoisotopic (exact) mass is 402 g/mol. The van der Waals surface area contributed by atoms with Crippen LogP contribution < -0.4 is 5.32 Å². The lowest BCUT2D eigenvalue weighted by Gasteiger charge is -2.39. The van der Waals surface area contributed by atoms with E-state index < -0.39 is 11.8 Å². The Hall–Kier alpha value is -3.15. The summed E-state index contributed by atoms with van der Waals surface area (Å²) >= 11 is 0. The summed E-state index contributed by atoms with van der Waals surface area (Å²) in [6, 6.07) is 9.26. The lowest BCUT2D eigenvalue weighted by Crippen LogP contribution is -2.41. The number of aliphatic imine (C=N–C) groups is 1. The van der Waals surface area contributed by atoms with Crippen LogP contribution in [0.2, 0.25) is 0 Å². The Kier molecular flexibility index (Phi) is 5.10. The van der Waals surface area contributed by atoms with Gasteiger partial charge in [-0.1, -0.05) is 26.0 Å². The molecule has 0 saturated heterocycles. The molecule has 154 valence electrons. The number of aryl methyl sites for hydroxylation is 1. The number of amides is 1. The molecule has 1 aliphatic heterocycles. The normalized spacial score (nSPS) is 22.9. The van der Waals surface area contributed by atoms with E-state index in [1.54, 1.807) is 18.5 Å². The van der Waals surface area contributed by atoms with Crippen LogP contribution in [0.15, 0.2) is 59.0 Å². The van der Waals surface area contributed by atoms with Crippen molar-refractivity contribution in [1.29, 1.82) is 0 Å². The van der Waals surface area contributed by atoms with E-state index in [0.29, 0.717) is 23.5 Å².